The Morgan fingerprint density at radius 2 is 1.77 bits per heavy atom. The monoisotopic (exact) mass is 421 g/mol. The van der Waals surface area contributed by atoms with Gasteiger partial charge in [-0.1, -0.05) is 52.3 Å². The van der Waals surface area contributed by atoms with E-state index >= 15 is 0 Å². The van der Waals surface area contributed by atoms with E-state index in [9.17, 15) is 15.3 Å². The van der Waals surface area contributed by atoms with Crippen molar-refractivity contribution in [1.82, 2.24) is 0 Å². The Balaban J connectivity index is 1.59. The average molecular weight is 422 g/mol. The van der Waals surface area contributed by atoms with Crippen molar-refractivity contribution in [2.24, 2.45) is 16.3 Å². The van der Waals surface area contributed by atoms with E-state index in [1.165, 1.54) is 48.1 Å². The zero-order valence-electron chi connectivity index (χ0n) is 19.2. The van der Waals surface area contributed by atoms with Crippen molar-refractivity contribution in [2.45, 2.75) is 71.1 Å². The van der Waals surface area contributed by atoms with Gasteiger partial charge in [-0.15, -0.1) is 0 Å². The van der Waals surface area contributed by atoms with Crippen LogP contribution in [0.15, 0.2) is 35.3 Å². The lowest BCUT2D eigenvalue weighted by Crippen LogP contribution is -2.50. The van der Waals surface area contributed by atoms with E-state index in [4.69, 9.17) is 4.99 Å². The lowest BCUT2D eigenvalue weighted by molar-refractivity contribution is 0.0332. The van der Waals surface area contributed by atoms with Crippen LogP contribution < -0.4 is 0 Å². The number of rotatable bonds is 4. The first-order valence-corrected chi connectivity index (χ1v) is 11.5. The number of fused-ring (bicyclic) bond motifs is 3. The minimum Gasteiger partial charge on any atom is -0.504 e. The number of phenols is 3. The Morgan fingerprint density at radius 3 is 2.45 bits per heavy atom. The Labute approximate surface area is 185 Å². The first-order chi connectivity index (χ1) is 14.6. The molecule has 4 heteroatoms. The number of hydrogen-bond acceptors (Lipinski definition) is 4. The summed E-state index contributed by atoms with van der Waals surface area (Å²) in [6.07, 6.45) is 7.61. The second-order valence-corrected chi connectivity index (χ2v) is 10.5. The third-order valence-corrected chi connectivity index (χ3v) is 7.95. The van der Waals surface area contributed by atoms with E-state index in [-0.39, 0.29) is 22.3 Å². The zero-order chi connectivity index (χ0) is 22.4. The molecule has 4 nitrogen and oxygen atoms in total. The third-order valence-electron chi connectivity index (χ3n) is 7.95. The molecule has 3 atom stereocenters. The lowest BCUT2D eigenvalue weighted by atomic mass is 9.50. The number of hydrogen-bond donors (Lipinski definition) is 3. The largest absolute Gasteiger partial charge is 0.504 e. The highest BCUT2D eigenvalue weighted by molar-refractivity contribution is 5.82. The standard InChI is InChI=1S/C27H35NO3/c1-17(2)19-6-8-21-20(14-19)7-9-24-26(3,10-5-11-27(21,24)4)16-28-15-18-12-22(29)25(31)23(30)13-18/h6,8,12-15,17,24,29-31H,5,7,9-11,16H2,1-4H3. The first kappa shape index (κ1) is 21.7. The summed E-state index contributed by atoms with van der Waals surface area (Å²) in [5.74, 6) is -0.0238. The van der Waals surface area contributed by atoms with Crippen LogP contribution in [0.5, 0.6) is 17.2 Å². The number of nitrogens with zero attached hydrogens (tertiary/aromatic N) is 1. The van der Waals surface area contributed by atoms with Gasteiger partial charge in [0.2, 0.25) is 0 Å². The molecular formula is C27H35NO3. The van der Waals surface area contributed by atoms with Gasteiger partial charge in [-0.3, -0.25) is 4.99 Å². The van der Waals surface area contributed by atoms with Gasteiger partial charge in [-0.25, -0.2) is 0 Å². The lowest BCUT2D eigenvalue weighted by Gasteiger charge is -2.55. The molecule has 3 N–H and O–H groups in total. The van der Waals surface area contributed by atoms with Crippen LogP contribution in [0.1, 0.15) is 81.5 Å². The van der Waals surface area contributed by atoms with E-state index in [1.54, 1.807) is 6.21 Å². The topological polar surface area (TPSA) is 73.1 Å². The summed E-state index contributed by atoms with van der Waals surface area (Å²) in [6, 6.07) is 10.0. The van der Waals surface area contributed by atoms with Gasteiger partial charge in [-0.05, 0) is 82.7 Å². The van der Waals surface area contributed by atoms with Gasteiger partial charge >= 0.3 is 0 Å². The van der Waals surface area contributed by atoms with Crippen molar-refractivity contribution < 1.29 is 15.3 Å². The zero-order valence-corrected chi connectivity index (χ0v) is 19.2. The minimum atomic E-state index is -0.492. The molecule has 166 valence electrons. The Bertz CT molecular complexity index is 989. The molecule has 0 amide bonds. The van der Waals surface area contributed by atoms with Crippen LogP contribution in [0.2, 0.25) is 0 Å². The predicted molar refractivity (Wildman–Crippen MR) is 126 cm³/mol. The van der Waals surface area contributed by atoms with Crippen molar-refractivity contribution in [3.05, 3.63) is 52.6 Å². The van der Waals surface area contributed by atoms with E-state index in [0.29, 0.717) is 17.4 Å². The Kier molecular flexibility index (Phi) is 5.53. The molecule has 0 aliphatic heterocycles. The molecule has 1 saturated carbocycles. The molecule has 2 aromatic carbocycles. The highest BCUT2D eigenvalue weighted by atomic mass is 16.3. The summed E-state index contributed by atoms with van der Waals surface area (Å²) in [7, 11) is 0. The number of benzene rings is 2. The number of aryl methyl sites for hydroxylation is 1. The fraction of sp³-hybridized carbons (Fsp3) is 0.519. The van der Waals surface area contributed by atoms with Gasteiger partial charge in [0.05, 0.1) is 0 Å². The Hall–Kier alpha value is -2.49. The molecule has 3 unspecified atom stereocenters. The quantitative estimate of drug-likeness (QED) is 0.415. The SMILES string of the molecule is CC(C)c1ccc2c(c1)CCC1C(C)(CN=Cc3cc(O)c(O)c(O)c3)CCCC21C. The summed E-state index contributed by atoms with van der Waals surface area (Å²) in [5.41, 5.74) is 5.39. The number of aliphatic imine (C=N–C) groups is 1. The maximum absolute atomic E-state index is 9.74. The molecule has 0 aromatic heterocycles. The van der Waals surface area contributed by atoms with Crippen LogP contribution in [0.4, 0.5) is 0 Å². The van der Waals surface area contributed by atoms with Gasteiger partial charge in [0, 0.05) is 12.8 Å². The van der Waals surface area contributed by atoms with Crippen LogP contribution >= 0.6 is 0 Å². The van der Waals surface area contributed by atoms with Gasteiger partial charge in [0.25, 0.3) is 0 Å². The van der Waals surface area contributed by atoms with E-state index in [1.807, 2.05) is 0 Å². The molecule has 0 bridgehead atoms. The highest BCUT2D eigenvalue weighted by Crippen LogP contribution is 2.57. The fourth-order valence-electron chi connectivity index (χ4n) is 6.25. The fourth-order valence-corrected chi connectivity index (χ4v) is 6.25. The number of aromatic hydroxyl groups is 3. The normalized spacial score (nSPS) is 28.0. The minimum absolute atomic E-state index is 0.110. The van der Waals surface area contributed by atoms with Crippen LogP contribution in [-0.2, 0) is 11.8 Å². The summed E-state index contributed by atoms with van der Waals surface area (Å²) in [6.45, 7) is 10.1. The molecule has 0 saturated heterocycles. The van der Waals surface area contributed by atoms with Crippen LogP contribution in [0.3, 0.4) is 0 Å². The van der Waals surface area contributed by atoms with Crippen molar-refractivity contribution in [3.63, 3.8) is 0 Å². The molecule has 31 heavy (non-hydrogen) atoms. The molecule has 2 aromatic rings. The summed E-state index contributed by atoms with van der Waals surface area (Å²) >= 11 is 0. The van der Waals surface area contributed by atoms with Gasteiger partial charge in [0.1, 0.15) is 0 Å². The van der Waals surface area contributed by atoms with Crippen LogP contribution in [0.25, 0.3) is 0 Å². The van der Waals surface area contributed by atoms with Crippen molar-refractivity contribution in [3.8, 4) is 17.2 Å². The maximum Gasteiger partial charge on any atom is 0.200 e. The van der Waals surface area contributed by atoms with Crippen molar-refractivity contribution in [1.29, 1.82) is 0 Å². The van der Waals surface area contributed by atoms with Crippen molar-refractivity contribution >= 4 is 6.21 Å². The molecule has 2 aliphatic carbocycles. The molecule has 0 heterocycles. The molecule has 1 fully saturated rings. The second-order valence-electron chi connectivity index (χ2n) is 10.5. The summed E-state index contributed by atoms with van der Waals surface area (Å²) in [5, 5.41) is 29.0. The maximum atomic E-state index is 9.74. The third kappa shape index (κ3) is 3.81. The van der Waals surface area contributed by atoms with Crippen LogP contribution in [0, 0.1) is 11.3 Å². The molecule has 2 aliphatic rings. The van der Waals surface area contributed by atoms with Gasteiger partial charge < -0.3 is 15.3 Å². The molecule has 0 radical (unpaired) electrons. The smallest absolute Gasteiger partial charge is 0.200 e. The summed E-state index contributed by atoms with van der Waals surface area (Å²) in [4.78, 5) is 4.74. The average Bonchev–Trinajstić information content (AvgIpc) is 2.71. The van der Waals surface area contributed by atoms with Crippen molar-refractivity contribution in [2.75, 3.05) is 6.54 Å². The second kappa shape index (κ2) is 7.89. The predicted octanol–water partition coefficient (Wildman–Crippen LogP) is 6.06. The Morgan fingerprint density at radius 1 is 1.06 bits per heavy atom. The van der Waals surface area contributed by atoms with Gasteiger partial charge in [-0.2, -0.15) is 0 Å². The molecular weight excluding hydrogens is 386 g/mol. The van der Waals surface area contributed by atoms with Gasteiger partial charge in [0.15, 0.2) is 17.2 Å². The van der Waals surface area contributed by atoms with Crippen LogP contribution in [-0.4, -0.2) is 28.1 Å². The summed E-state index contributed by atoms with van der Waals surface area (Å²) < 4.78 is 0. The van der Waals surface area contributed by atoms with E-state index in [2.05, 4.69) is 45.9 Å². The highest BCUT2D eigenvalue weighted by Gasteiger charge is 2.51. The first-order valence-electron chi connectivity index (χ1n) is 11.5. The van der Waals surface area contributed by atoms with E-state index in [0.717, 1.165) is 19.4 Å². The van der Waals surface area contributed by atoms with E-state index < -0.39 is 5.75 Å². The molecule has 4 rings (SSSR count). The number of phenolic OH excluding ortho intramolecular Hbond substituents is 3. The molecule has 0 spiro atoms.